The zero-order valence-electron chi connectivity index (χ0n) is 8.92. The van der Waals surface area contributed by atoms with Gasteiger partial charge in [0, 0.05) is 12.1 Å². The first kappa shape index (κ1) is 9.47. The molecule has 0 spiro atoms. The summed E-state index contributed by atoms with van der Waals surface area (Å²) in [5.41, 5.74) is 0. The molecule has 0 aromatic carbocycles. The maximum atomic E-state index is 3.69. The standard InChI is InChI=1S/C11H22N2/c1-13(2)6-5-9-7-10-3-4-11(8-9)12-10/h9-12H,3-8H2,1-2H3. The minimum Gasteiger partial charge on any atom is -0.311 e. The van der Waals surface area contributed by atoms with Gasteiger partial charge in [0.05, 0.1) is 0 Å². The summed E-state index contributed by atoms with van der Waals surface area (Å²) in [6, 6.07) is 1.73. The molecule has 2 aliphatic heterocycles. The zero-order valence-corrected chi connectivity index (χ0v) is 8.92. The Labute approximate surface area is 81.7 Å². The van der Waals surface area contributed by atoms with Crippen molar-refractivity contribution >= 4 is 0 Å². The molecule has 2 fully saturated rings. The Morgan fingerprint density at radius 2 is 1.77 bits per heavy atom. The van der Waals surface area contributed by atoms with Crippen LogP contribution in [0, 0.1) is 5.92 Å². The average Bonchev–Trinajstić information content (AvgIpc) is 2.42. The molecule has 0 aromatic heterocycles. The first-order chi connectivity index (χ1) is 6.24. The summed E-state index contributed by atoms with van der Waals surface area (Å²) in [4.78, 5) is 2.31. The molecule has 2 rings (SSSR count). The molecule has 0 radical (unpaired) electrons. The van der Waals surface area contributed by atoms with Gasteiger partial charge in [0.1, 0.15) is 0 Å². The van der Waals surface area contributed by atoms with Crippen molar-refractivity contribution in [3.63, 3.8) is 0 Å². The van der Waals surface area contributed by atoms with Gasteiger partial charge in [0.2, 0.25) is 0 Å². The smallest absolute Gasteiger partial charge is 0.00728 e. The van der Waals surface area contributed by atoms with Crippen LogP contribution < -0.4 is 5.32 Å². The summed E-state index contributed by atoms with van der Waals surface area (Å²) in [7, 11) is 4.35. The van der Waals surface area contributed by atoms with Gasteiger partial charge in [-0.05, 0) is 58.7 Å². The molecule has 0 aromatic rings. The van der Waals surface area contributed by atoms with E-state index in [9.17, 15) is 0 Å². The Kier molecular flexibility index (Phi) is 2.89. The van der Waals surface area contributed by atoms with Gasteiger partial charge in [0.15, 0.2) is 0 Å². The number of nitrogens with zero attached hydrogens (tertiary/aromatic N) is 1. The molecule has 2 aliphatic rings. The number of nitrogens with one attached hydrogen (secondary N) is 1. The molecule has 0 amide bonds. The van der Waals surface area contributed by atoms with E-state index in [1.54, 1.807) is 0 Å². The van der Waals surface area contributed by atoms with Gasteiger partial charge in [-0.3, -0.25) is 0 Å². The molecule has 2 nitrogen and oxygen atoms in total. The van der Waals surface area contributed by atoms with Crippen LogP contribution in [0.2, 0.25) is 0 Å². The molecule has 2 unspecified atom stereocenters. The van der Waals surface area contributed by atoms with Crippen molar-refractivity contribution in [3.05, 3.63) is 0 Å². The first-order valence-electron chi connectivity index (χ1n) is 5.65. The van der Waals surface area contributed by atoms with Crippen LogP contribution in [0.5, 0.6) is 0 Å². The molecule has 2 saturated heterocycles. The van der Waals surface area contributed by atoms with E-state index in [1.165, 1.54) is 38.6 Å². The third-order valence-electron chi connectivity index (χ3n) is 3.56. The lowest BCUT2D eigenvalue weighted by Crippen LogP contribution is -2.38. The van der Waals surface area contributed by atoms with Gasteiger partial charge in [-0.1, -0.05) is 0 Å². The molecule has 0 aliphatic carbocycles. The van der Waals surface area contributed by atoms with E-state index in [1.807, 2.05) is 0 Å². The topological polar surface area (TPSA) is 15.3 Å². The molecule has 76 valence electrons. The fraction of sp³-hybridized carbons (Fsp3) is 1.00. The molecule has 2 bridgehead atoms. The van der Waals surface area contributed by atoms with Crippen LogP contribution in [0.3, 0.4) is 0 Å². The van der Waals surface area contributed by atoms with Gasteiger partial charge >= 0.3 is 0 Å². The maximum absolute atomic E-state index is 3.69. The molecule has 13 heavy (non-hydrogen) atoms. The summed E-state index contributed by atoms with van der Waals surface area (Å²) in [5, 5.41) is 3.69. The molecule has 2 heterocycles. The van der Waals surface area contributed by atoms with Crippen molar-refractivity contribution < 1.29 is 0 Å². The van der Waals surface area contributed by atoms with Crippen LogP contribution in [0.1, 0.15) is 32.1 Å². The van der Waals surface area contributed by atoms with Crippen LogP contribution in [0.15, 0.2) is 0 Å². The number of hydrogen-bond donors (Lipinski definition) is 1. The van der Waals surface area contributed by atoms with E-state index >= 15 is 0 Å². The van der Waals surface area contributed by atoms with Crippen molar-refractivity contribution in [2.45, 2.75) is 44.2 Å². The first-order valence-corrected chi connectivity index (χ1v) is 5.65. The van der Waals surface area contributed by atoms with Crippen LogP contribution >= 0.6 is 0 Å². The lowest BCUT2D eigenvalue weighted by Gasteiger charge is -2.29. The number of fused-ring (bicyclic) bond motifs is 2. The van der Waals surface area contributed by atoms with E-state index in [-0.39, 0.29) is 0 Å². The average molecular weight is 182 g/mol. The minimum atomic E-state index is 0.867. The Morgan fingerprint density at radius 1 is 1.15 bits per heavy atom. The highest BCUT2D eigenvalue weighted by Crippen LogP contribution is 2.32. The summed E-state index contributed by atoms with van der Waals surface area (Å²) < 4.78 is 0. The fourth-order valence-corrected chi connectivity index (χ4v) is 2.85. The number of rotatable bonds is 3. The second-order valence-electron chi connectivity index (χ2n) is 5.07. The van der Waals surface area contributed by atoms with Gasteiger partial charge in [0.25, 0.3) is 0 Å². The van der Waals surface area contributed by atoms with E-state index < -0.39 is 0 Å². The Balaban J connectivity index is 1.75. The highest BCUT2D eigenvalue weighted by atomic mass is 15.1. The van der Waals surface area contributed by atoms with Crippen molar-refractivity contribution in [2.24, 2.45) is 5.92 Å². The normalized spacial score (nSPS) is 38.5. The van der Waals surface area contributed by atoms with E-state index in [0.717, 1.165) is 18.0 Å². The second kappa shape index (κ2) is 3.97. The Bertz CT molecular complexity index is 155. The van der Waals surface area contributed by atoms with E-state index in [0.29, 0.717) is 0 Å². The summed E-state index contributed by atoms with van der Waals surface area (Å²) in [6.45, 7) is 1.27. The third-order valence-corrected chi connectivity index (χ3v) is 3.56. The lowest BCUT2D eigenvalue weighted by molar-refractivity contribution is 0.258. The summed E-state index contributed by atoms with van der Waals surface area (Å²) >= 11 is 0. The van der Waals surface area contributed by atoms with Crippen molar-refractivity contribution in [1.82, 2.24) is 10.2 Å². The molecule has 2 atom stereocenters. The zero-order chi connectivity index (χ0) is 9.26. The summed E-state index contributed by atoms with van der Waals surface area (Å²) in [5.74, 6) is 1.00. The maximum Gasteiger partial charge on any atom is 0.00728 e. The van der Waals surface area contributed by atoms with Crippen molar-refractivity contribution in [3.8, 4) is 0 Å². The monoisotopic (exact) mass is 182 g/mol. The summed E-state index contributed by atoms with van der Waals surface area (Å²) in [6.07, 6.45) is 7.14. The van der Waals surface area contributed by atoms with E-state index in [4.69, 9.17) is 0 Å². The second-order valence-corrected chi connectivity index (χ2v) is 5.07. The molecule has 1 N–H and O–H groups in total. The Hall–Kier alpha value is -0.0800. The molecular weight excluding hydrogens is 160 g/mol. The van der Waals surface area contributed by atoms with Crippen LogP contribution in [0.25, 0.3) is 0 Å². The molecular formula is C11H22N2. The third kappa shape index (κ3) is 2.44. The minimum absolute atomic E-state index is 0.867. The van der Waals surface area contributed by atoms with Gasteiger partial charge in [-0.15, -0.1) is 0 Å². The molecule has 2 heteroatoms. The van der Waals surface area contributed by atoms with Gasteiger partial charge in [-0.2, -0.15) is 0 Å². The highest BCUT2D eigenvalue weighted by molar-refractivity contribution is 4.91. The quantitative estimate of drug-likeness (QED) is 0.711. The fourth-order valence-electron chi connectivity index (χ4n) is 2.85. The highest BCUT2D eigenvalue weighted by Gasteiger charge is 2.32. The van der Waals surface area contributed by atoms with Crippen molar-refractivity contribution in [1.29, 1.82) is 0 Å². The van der Waals surface area contributed by atoms with E-state index in [2.05, 4.69) is 24.3 Å². The van der Waals surface area contributed by atoms with Gasteiger partial charge < -0.3 is 10.2 Å². The predicted molar refractivity (Wildman–Crippen MR) is 55.8 cm³/mol. The number of piperidine rings is 1. The van der Waals surface area contributed by atoms with Crippen LogP contribution in [-0.4, -0.2) is 37.6 Å². The van der Waals surface area contributed by atoms with Gasteiger partial charge in [-0.25, -0.2) is 0 Å². The van der Waals surface area contributed by atoms with Crippen molar-refractivity contribution in [2.75, 3.05) is 20.6 Å². The van der Waals surface area contributed by atoms with Crippen LogP contribution in [0.4, 0.5) is 0 Å². The molecule has 0 saturated carbocycles. The predicted octanol–water partition coefficient (Wildman–Crippen LogP) is 1.47. The lowest BCUT2D eigenvalue weighted by atomic mass is 9.89. The SMILES string of the molecule is CN(C)CCC1CC2CCC(C1)N2. The van der Waals surface area contributed by atoms with Crippen LogP contribution in [-0.2, 0) is 0 Å². The Morgan fingerprint density at radius 3 is 2.31 bits per heavy atom. The number of hydrogen-bond acceptors (Lipinski definition) is 2. The largest absolute Gasteiger partial charge is 0.311 e.